The van der Waals surface area contributed by atoms with E-state index in [4.69, 9.17) is 0 Å². The van der Waals surface area contributed by atoms with Crippen molar-refractivity contribution in [2.24, 2.45) is 5.92 Å². The molecule has 1 unspecified atom stereocenters. The van der Waals surface area contributed by atoms with Crippen LogP contribution in [-0.2, 0) is 0 Å². The molecule has 19 heavy (non-hydrogen) atoms. The monoisotopic (exact) mass is 264 g/mol. The number of nitrogens with zero attached hydrogens (tertiary/aromatic N) is 1. The summed E-state index contributed by atoms with van der Waals surface area (Å²) in [6, 6.07) is 7.48. The second-order valence-electron chi connectivity index (χ2n) is 5.52. The first kappa shape index (κ1) is 14.5. The second kappa shape index (κ2) is 7.01. The molecule has 106 valence electrons. The molecule has 0 spiro atoms. The van der Waals surface area contributed by atoms with Gasteiger partial charge in [-0.1, -0.05) is 38.5 Å². The maximum Gasteiger partial charge on any atom is 0.127 e. The Labute approximate surface area is 116 Å². The highest BCUT2D eigenvalue weighted by Crippen LogP contribution is 2.33. The third-order valence-electron chi connectivity index (χ3n) is 4.05. The summed E-state index contributed by atoms with van der Waals surface area (Å²) in [5.41, 5.74) is 0.866. The van der Waals surface area contributed by atoms with E-state index in [0.717, 1.165) is 44.6 Å². The van der Waals surface area contributed by atoms with E-state index >= 15 is 0 Å². The zero-order valence-electron chi connectivity index (χ0n) is 12.0. The first-order valence-corrected chi connectivity index (χ1v) is 7.43. The Morgan fingerprint density at radius 2 is 1.95 bits per heavy atom. The molecule has 3 heteroatoms. The minimum Gasteiger partial charge on any atom is -0.314 e. The standard InChI is InChI=1S/C16H25FN2/c1-3-6-13(2)16(19-11-9-18-10-12-19)14-7-4-5-8-15(14)17/h4-5,7-8,13,16,18H,3,6,9-12H2,1-2H3/t13?,16-/m1/s1. The van der Waals surface area contributed by atoms with Crippen molar-refractivity contribution in [2.45, 2.75) is 32.7 Å². The smallest absolute Gasteiger partial charge is 0.127 e. The zero-order valence-corrected chi connectivity index (χ0v) is 12.0. The van der Waals surface area contributed by atoms with E-state index in [2.05, 4.69) is 24.1 Å². The van der Waals surface area contributed by atoms with E-state index in [1.54, 1.807) is 12.1 Å². The van der Waals surface area contributed by atoms with Crippen LogP contribution in [0.15, 0.2) is 24.3 Å². The maximum atomic E-state index is 14.2. The molecule has 1 aromatic carbocycles. The summed E-state index contributed by atoms with van der Waals surface area (Å²) in [4.78, 5) is 2.44. The number of hydrogen-bond acceptors (Lipinski definition) is 2. The number of halogens is 1. The van der Waals surface area contributed by atoms with Crippen LogP contribution >= 0.6 is 0 Å². The van der Waals surface area contributed by atoms with Gasteiger partial charge in [-0.2, -0.15) is 0 Å². The average molecular weight is 264 g/mol. The number of benzene rings is 1. The number of rotatable bonds is 5. The summed E-state index contributed by atoms with van der Waals surface area (Å²) in [6.07, 6.45) is 2.29. The Hall–Kier alpha value is -0.930. The van der Waals surface area contributed by atoms with Crippen molar-refractivity contribution in [3.63, 3.8) is 0 Å². The van der Waals surface area contributed by atoms with Gasteiger partial charge < -0.3 is 5.32 Å². The molecule has 1 saturated heterocycles. The van der Waals surface area contributed by atoms with Crippen LogP contribution in [0, 0.1) is 11.7 Å². The Morgan fingerprint density at radius 1 is 1.26 bits per heavy atom. The van der Waals surface area contributed by atoms with Crippen molar-refractivity contribution in [2.75, 3.05) is 26.2 Å². The quantitative estimate of drug-likeness (QED) is 0.878. The van der Waals surface area contributed by atoms with Crippen molar-refractivity contribution >= 4 is 0 Å². The minimum absolute atomic E-state index is 0.0611. The van der Waals surface area contributed by atoms with E-state index in [9.17, 15) is 4.39 Å². The fourth-order valence-corrected chi connectivity index (χ4v) is 3.15. The summed E-state index contributed by atoms with van der Waals surface area (Å²) in [6.45, 7) is 8.48. The Balaban J connectivity index is 2.25. The summed E-state index contributed by atoms with van der Waals surface area (Å²) >= 11 is 0. The molecule has 2 nitrogen and oxygen atoms in total. The molecule has 1 heterocycles. The van der Waals surface area contributed by atoms with Crippen LogP contribution in [0.3, 0.4) is 0 Å². The largest absolute Gasteiger partial charge is 0.314 e. The predicted octanol–water partition coefficient (Wildman–Crippen LogP) is 3.21. The van der Waals surface area contributed by atoms with E-state index in [1.807, 2.05) is 12.1 Å². The van der Waals surface area contributed by atoms with Crippen LogP contribution in [0.1, 0.15) is 38.3 Å². The molecule has 1 fully saturated rings. The predicted molar refractivity (Wildman–Crippen MR) is 77.7 cm³/mol. The van der Waals surface area contributed by atoms with Crippen molar-refractivity contribution in [3.05, 3.63) is 35.6 Å². The highest BCUT2D eigenvalue weighted by Gasteiger charge is 2.28. The highest BCUT2D eigenvalue weighted by molar-refractivity contribution is 5.22. The van der Waals surface area contributed by atoms with Crippen LogP contribution in [0.5, 0.6) is 0 Å². The fraction of sp³-hybridized carbons (Fsp3) is 0.625. The van der Waals surface area contributed by atoms with Gasteiger partial charge in [0.15, 0.2) is 0 Å². The van der Waals surface area contributed by atoms with Gasteiger partial charge in [0.1, 0.15) is 5.82 Å². The first-order chi connectivity index (χ1) is 9.24. The maximum absolute atomic E-state index is 14.2. The molecule has 0 radical (unpaired) electrons. The molecule has 2 atom stereocenters. The lowest BCUT2D eigenvalue weighted by molar-refractivity contribution is 0.123. The lowest BCUT2D eigenvalue weighted by Crippen LogP contribution is -2.46. The molecule has 1 aromatic rings. The van der Waals surface area contributed by atoms with Gasteiger partial charge in [0.05, 0.1) is 0 Å². The summed E-state index contributed by atoms with van der Waals surface area (Å²) in [5, 5.41) is 3.37. The molecule has 1 N–H and O–H groups in total. The zero-order chi connectivity index (χ0) is 13.7. The van der Waals surface area contributed by atoms with Gasteiger partial charge in [-0.15, -0.1) is 0 Å². The second-order valence-corrected chi connectivity index (χ2v) is 5.52. The SMILES string of the molecule is CCCC(C)[C@H](c1ccccc1F)N1CCNCC1. The van der Waals surface area contributed by atoms with Gasteiger partial charge in [0.25, 0.3) is 0 Å². The van der Waals surface area contributed by atoms with Crippen LogP contribution in [0.25, 0.3) is 0 Å². The van der Waals surface area contributed by atoms with E-state index in [-0.39, 0.29) is 11.9 Å². The number of piperazine rings is 1. The van der Waals surface area contributed by atoms with Gasteiger partial charge in [-0.3, -0.25) is 4.90 Å². The first-order valence-electron chi connectivity index (χ1n) is 7.43. The molecule has 0 aromatic heterocycles. The molecule has 2 rings (SSSR count). The third-order valence-corrected chi connectivity index (χ3v) is 4.05. The fourth-order valence-electron chi connectivity index (χ4n) is 3.15. The third kappa shape index (κ3) is 3.54. The number of nitrogens with one attached hydrogen (secondary N) is 1. The molecule has 0 aliphatic carbocycles. The van der Waals surface area contributed by atoms with Crippen LogP contribution in [0.2, 0.25) is 0 Å². The normalized spacial score (nSPS) is 20.2. The number of hydrogen-bond donors (Lipinski definition) is 1. The topological polar surface area (TPSA) is 15.3 Å². The molecular formula is C16H25FN2. The Bertz CT molecular complexity index is 388. The summed E-state index contributed by atoms with van der Waals surface area (Å²) in [7, 11) is 0. The lowest BCUT2D eigenvalue weighted by atomic mass is 9.89. The molecule has 1 aliphatic heterocycles. The van der Waals surface area contributed by atoms with Crippen molar-refractivity contribution in [1.82, 2.24) is 10.2 Å². The molecule has 0 saturated carbocycles. The van der Waals surface area contributed by atoms with Crippen molar-refractivity contribution < 1.29 is 4.39 Å². The molecule has 0 bridgehead atoms. The van der Waals surface area contributed by atoms with Gasteiger partial charge in [-0.25, -0.2) is 4.39 Å². The van der Waals surface area contributed by atoms with Crippen LogP contribution in [-0.4, -0.2) is 31.1 Å². The van der Waals surface area contributed by atoms with Crippen LogP contribution < -0.4 is 5.32 Å². The van der Waals surface area contributed by atoms with Gasteiger partial charge in [-0.05, 0) is 18.4 Å². The van der Waals surface area contributed by atoms with Gasteiger partial charge in [0.2, 0.25) is 0 Å². The Kier molecular flexibility index (Phi) is 5.34. The lowest BCUT2D eigenvalue weighted by Gasteiger charge is -2.38. The van der Waals surface area contributed by atoms with E-state index in [1.165, 1.54) is 0 Å². The average Bonchev–Trinajstić information content (AvgIpc) is 2.43. The highest BCUT2D eigenvalue weighted by atomic mass is 19.1. The summed E-state index contributed by atoms with van der Waals surface area (Å²) in [5.74, 6) is 0.425. The Morgan fingerprint density at radius 3 is 2.58 bits per heavy atom. The van der Waals surface area contributed by atoms with Crippen molar-refractivity contribution in [1.29, 1.82) is 0 Å². The molecular weight excluding hydrogens is 239 g/mol. The van der Waals surface area contributed by atoms with Gasteiger partial charge in [0, 0.05) is 37.8 Å². The van der Waals surface area contributed by atoms with Crippen LogP contribution in [0.4, 0.5) is 4.39 Å². The molecule has 1 aliphatic rings. The molecule has 0 amide bonds. The summed E-state index contributed by atoms with van der Waals surface area (Å²) < 4.78 is 14.2. The van der Waals surface area contributed by atoms with Crippen molar-refractivity contribution in [3.8, 4) is 0 Å². The van der Waals surface area contributed by atoms with Gasteiger partial charge >= 0.3 is 0 Å². The minimum atomic E-state index is -0.0611. The van der Waals surface area contributed by atoms with E-state index in [0.29, 0.717) is 5.92 Å². The van der Waals surface area contributed by atoms with E-state index < -0.39 is 0 Å².